The van der Waals surface area contributed by atoms with E-state index in [4.69, 9.17) is 4.74 Å². The Morgan fingerprint density at radius 2 is 1.91 bits per heavy atom. The van der Waals surface area contributed by atoms with Crippen LogP contribution in [0.2, 0.25) is 0 Å². The second-order valence-corrected chi connectivity index (χ2v) is 8.00. The zero-order valence-corrected chi connectivity index (χ0v) is 17.8. The molecule has 3 aromatic rings. The van der Waals surface area contributed by atoms with Gasteiger partial charge in [-0.2, -0.15) is 14.0 Å². The molecule has 1 fully saturated rings. The number of ether oxygens (including phenoxy) is 2. The van der Waals surface area contributed by atoms with Crippen molar-refractivity contribution in [2.24, 2.45) is 0 Å². The zero-order valence-electron chi connectivity index (χ0n) is 17.8. The van der Waals surface area contributed by atoms with Crippen molar-refractivity contribution in [1.29, 1.82) is 5.26 Å². The van der Waals surface area contributed by atoms with E-state index >= 15 is 0 Å². The van der Waals surface area contributed by atoms with Crippen molar-refractivity contribution >= 4 is 22.7 Å². The van der Waals surface area contributed by atoms with Crippen LogP contribution in [-0.4, -0.2) is 23.4 Å². The lowest BCUT2D eigenvalue weighted by molar-refractivity contribution is -0.0497. The van der Waals surface area contributed by atoms with Gasteiger partial charge in [-0.1, -0.05) is 12.1 Å². The first-order valence-electron chi connectivity index (χ1n) is 10.5. The standard InChI is InChI=1S/C24H23F2N3O3/c1-14(2)31-24(30)28-16-8-6-15(7-9-16)22-20(13-27)19-11-10-18(32-23(25)26)12-21(19)29(22)17-4-3-5-17/h6-12,14,17,23H,3-5H2,1-2H3,(H,28,30). The lowest BCUT2D eigenvalue weighted by Crippen LogP contribution is -2.18. The predicted octanol–water partition coefficient (Wildman–Crippen LogP) is 6.46. The molecule has 6 nitrogen and oxygen atoms in total. The molecule has 1 amide bonds. The Balaban J connectivity index is 1.77. The van der Waals surface area contributed by atoms with Crippen LogP contribution in [0.3, 0.4) is 0 Å². The summed E-state index contributed by atoms with van der Waals surface area (Å²) in [6, 6.07) is 14.3. The summed E-state index contributed by atoms with van der Waals surface area (Å²) in [6.45, 7) is 0.614. The number of fused-ring (bicyclic) bond motifs is 1. The maximum atomic E-state index is 12.8. The summed E-state index contributed by atoms with van der Waals surface area (Å²) in [5, 5.41) is 13.3. The average molecular weight is 439 g/mol. The van der Waals surface area contributed by atoms with Crippen molar-refractivity contribution < 1.29 is 23.0 Å². The largest absolute Gasteiger partial charge is 0.447 e. The first kappa shape index (κ1) is 21.6. The molecule has 1 saturated carbocycles. The highest BCUT2D eigenvalue weighted by atomic mass is 19.3. The third kappa shape index (κ3) is 4.24. The number of nitrogens with zero attached hydrogens (tertiary/aromatic N) is 2. The molecule has 166 valence electrons. The summed E-state index contributed by atoms with van der Waals surface area (Å²) in [5.74, 6) is 0.0600. The third-order valence-corrected chi connectivity index (χ3v) is 5.50. The van der Waals surface area contributed by atoms with E-state index in [1.807, 2.05) is 12.1 Å². The summed E-state index contributed by atoms with van der Waals surface area (Å²) in [6.07, 6.45) is 2.19. The van der Waals surface area contributed by atoms with Crippen LogP contribution in [0, 0.1) is 11.3 Å². The highest BCUT2D eigenvalue weighted by Gasteiger charge is 2.28. The van der Waals surface area contributed by atoms with Crippen molar-refractivity contribution in [2.45, 2.75) is 51.9 Å². The molecule has 0 aliphatic heterocycles. The molecule has 0 spiro atoms. The van der Waals surface area contributed by atoms with Crippen LogP contribution >= 0.6 is 0 Å². The number of aromatic nitrogens is 1. The number of nitrogens with one attached hydrogen (secondary N) is 1. The second-order valence-electron chi connectivity index (χ2n) is 8.00. The molecular formula is C24H23F2N3O3. The molecule has 8 heteroatoms. The number of amides is 1. The Kier molecular flexibility index (Phi) is 5.99. The summed E-state index contributed by atoms with van der Waals surface area (Å²) in [5.41, 5.74) is 3.27. The minimum absolute atomic E-state index is 0.0600. The molecule has 1 aliphatic rings. The Labute approximate surface area is 184 Å². The maximum absolute atomic E-state index is 12.8. The Morgan fingerprint density at radius 1 is 1.19 bits per heavy atom. The van der Waals surface area contributed by atoms with Gasteiger partial charge >= 0.3 is 12.7 Å². The summed E-state index contributed by atoms with van der Waals surface area (Å²) in [4.78, 5) is 11.8. The molecule has 2 aromatic carbocycles. The predicted molar refractivity (Wildman–Crippen MR) is 117 cm³/mol. The number of alkyl halides is 2. The third-order valence-electron chi connectivity index (χ3n) is 5.50. The van der Waals surface area contributed by atoms with Crippen molar-refractivity contribution in [2.75, 3.05) is 5.32 Å². The number of hydrogen-bond donors (Lipinski definition) is 1. The minimum Gasteiger partial charge on any atom is -0.447 e. The molecule has 0 saturated heterocycles. The van der Waals surface area contributed by atoms with Gasteiger partial charge in [-0.3, -0.25) is 5.32 Å². The lowest BCUT2D eigenvalue weighted by atomic mass is 9.92. The number of halogens is 2. The van der Waals surface area contributed by atoms with Gasteiger partial charge in [0.05, 0.1) is 22.9 Å². The number of nitriles is 1. The van der Waals surface area contributed by atoms with E-state index < -0.39 is 12.7 Å². The number of rotatable bonds is 6. The first-order chi connectivity index (χ1) is 15.4. The zero-order chi connectivity index (χ0) is 22.8. The number of anilines is 1. The molecule has 1 aliphatic carbocycles. The quantitative estimate of drug-likeness (QED) is 0.478. The van der Waals surface area contributed by atoms with Crippen LogP contribution in [0.25, 0.3) is 22.2 Å². The van der Waals surface area contributed by atoms with Gasteiger partial charge in [0.1, 0.15) is 11.8 Å². The average Bonchev–Trinajstić information content (AvgIpc) is 2.99. The summed E-state index contributed by atoms with van der Waals surface area (Å²) in [7, 11) is 0. The van der Waals surface area contributed by atoms with Crippen molar-refractivity contribution in [3.8, 4) is 23.1 Å². The highest BCUT2D eigenvalue weighted by molar-refractivity contribution is 5.96. The van der Waals surface area contributed by atoms with E-state index in [0.717, 1.165) is 30.5 Å². The molecule has 32 heavy (non-hydrogen) atoms. The molecular weight excluding hydrogens is 416 g/mol. The van der Waals surface area contributed by atoms with Gasteiger partial charge in [0.2, 0.25) is 0 Å². The smallest absolute Gasteiger partial charge is 0.411 e. The summed E-state index contributed by atoms with van der Waals surface area (Å²) >= 11 is 0. The molecule has 4 rings (SSSR count). The van der Waals surface area contributed by atoms with Crippen molar-refractivity contribution in [3.63, 3.8) is 0 Å². The Hall–Kier alpha value is -3.60. The van der Waals surface area contributed by atoms with Gasteiger partial charge in [0, 0.05) is 23.2 Å². The molecule has 0 unspecified atom stereocenters. The van der Waals surface area contributed by atoms with Gasteiger partial charge in [0.25, 0.3) is 0 Å². The minimum atomic E-state index is -2.92. The number of carbonyl (C=O) groups is 1. The molecule has 1 aromatic heterocycles. The molecule has 0 radical (unpaired) electrons. The fourth-order valence-electron chi connectivity index (χ4n) is 3.96. The van der Waals surface area contributed by atoms with Gasteiger partial charge < -0.3 is 14.0 Å². The van der Waals surface area contributed by atoms with E-state index in [0.29, 0.717) is 22.2 Å². The van der Waals surface area contributed by atoms with Crippen LogP contribution in [-0.2, 0) is 4.74 Å². The van der Waals surface area contributed by atoms with E-state index in [-0.39, 0.29) is 17.9 Å². The first-order valence-corrected chi connectivity index (χ1v) is 10.5. The van der Waals surface area contributed by atoms with E-state index in [2.05, 4.69) is 20.7 Å². The van der Waals surface area contributed by atoms with Crippen molar-refractivity contribution in [3.05, 3.63) is 48.0 Å². The van der Waals surface area contributed by atoms with Gasteiger partial charge in [0.15, 0.2) is 0 Å². The van der Waals surface area contributed by atoms with Crippen molar-refractivity contribution in [1.82, 2.24) is 4.57 Å². The Morgan fingerprint density at radius 3 is 2.47 bits per heavy atom. The van der Waals surface area contributed by atoms with Crippen LogP contribution in [0.1, 0.15) is 44.7 Å². The molecule has 1 heterocycles. The number of hydrogen-bond acceptors (Lipinski definition) is 4. The molecule has 1 N–H and O–H groups in total. The van der Waals surface area contributed by atoms with Gasteiger partial charge in [-0.05, 0) is 62.9 Å². The fraction of sp³-hybridized carbons (Fsp3) is 0.333. The van der Waals surface area contributed by atoms with Crippen LogP contribution < -0.4 is 10.1 Å². The fourth-order valence-corrected chi connectivity index (χ4v) is 3.96. The second kappa shape index (κ2) is 8.87. The number of carbonyl (C=O) groups excluding carboxylic acids is 1. The van der Waals surface area contributed by atoms with E-state index in [1.165, 1.54) is 6.07 Å². The molecule has 0 bridgehead atoms. The van der Waals surface area contributed by atoms with Gasteiger partial charge in [-0.15, -0.1) is 0 Å². The van der Waals surface area contributed by atoms with Gasteiger partial charge in [-0.25, -0.2) is 4.79 Å². The normalized spacial score (nSPS) is 13.8. The molecule has 0 atom stereocenters. The van der Waals surface area contributed by atoms with E-state index in [1.54, 1.807) is 38.1 Å². The maximum Gasteiger partial charge on any atom is 0.411 e. The topological polar surface area (TPSA) is 76.3 Å². The lowest BCUT2D eigenvalue weighted by Gasteiger charge is -2.30. The number of benzene rings is 2. The van der Waals surface area contributed by atoms with E-state index in [9.17, 15) is 18.8 Å². The monoisotopic (exact) mass is 439 g/mol. The highest BCUT2D eigenvalue weighted by Crippen LogP contribution is 2.43. The Bertz CT molecular complexity index is 1180. The van der Waals surface area contributed by atoms with Crippen LogP contribution in [0.4, 0.5) is 19.3 Å². The van der Waals surface area contributed by atoms with Crippen LogP contribution in [0.15, 0.2) is 42.5 Å². The SMILES string of the molecule is CC(C)OC(=O)Nc1ccc(-c2c(C#N)c3ccc(OC(F)F)cc3n2C2CCC2)cc1. The van der Waals surface area contributed by atoms with Crippen LogP contribution in [0.5, 0.6) is 5.75 Å². The summed E-state index contributed by atoms with van der Waals surface area (Å²) < 4.78 is 37.3.